The zero-order valence-corrected chi connectivity index (χ0v) is 12.5. The third-order valence-corrected chi connectivity index (χ3v) is 4.57. The fourth-order valence-electron chi connectivity index (χ4n) is 3.61. The molecule has 2 aliphatic rings. The van der Waals surface area contributed by atoms with Gasteiger partial charge in [0.25, 0.3) is 0 Å². The highest BCUT2D eigenvalue weighted by molar-refractivity contribution is 5.88. The van der Waals surface area contributed by atoms with Gasteiger partial charge in [0.1, 0.15) is 6.04 Å². The van der Waals surface area contributed by atoms with Crippen molar-refractivity contribution in [2.24, 2.45) is 5.92 Å². The number of hydrogen-bond donors (Lipinski definition) is 2. The number of carbonyl (C=O) groups is 3. The maximum Gasteiger partial charge on any atom is 0.305 e. The molecule has 1 saturated carbocycles. The van der Waals surface area contributed by atoms with Crippen LogP contribution in [0.2, 0.25) is 0 Å². The van der Waals surface area contributed by atoms with Crippen LogP contribution in [0.5, 0.6) is 0 Å². The largest absolute Gasteiger partial charge is 0.481 e. The van der Waals surface area contributed by atoms with Crippen molar-refractivity contribution in [3.63, 3.8) is 0 Å². The molecule has 1 heterocycles. The molecular formula is C15H24N2O4. The fraction of sp³-hybridized carbons (Fsp3) is 0.800. The number of aliphatic carboxylic acids is 1. The van der Waals surface area contributed by atoms with E-state index in [9.17, 15) is 14.4 Å². The van der Waals surface area contributed by atoms with E-state index in [-0.39, 0.29) is 30.2 Å². The predicted octanol–water partition coefficient (Wildman–Crippen LogP) is 1.15. The fourth-order valence-corrected chi connectivity index (χ4v) is 3.61. The maximum atomic E-state index is 12.8. The Morgan fingerprint density at radius 2 is 1.86 bits per heavy atom. The molecule has 1 aliphatic heterocycles. The summed E-state index contributed by atoms with van der Waals surface area (Å²) in [6.07, 6.45) is 5.64. The van der Waals surface area contributed by atoms with Crippen molar-refractivity contribution in [1.82, 2.24) is 10.2 Å². The van der Waals surface area contributed by atoms with Crippen LogP contribution in [0, 0.1) is 5.92 Å². The standard InChI is InChI=1S/C15H24N2O4/c1-10(18)16-14(11-5-2-3-6-11)15(21)17-8-4-7-12(17)9-13(19)20/h11-12,14H,2-9H2,1H3,(H,16,18)(H,19,20). The molecule has 6 heteroatoms. The minimum Gasteiger partial charge on any atom is -0.481 e. The van der Waals surface area contributed by atoms with Gasteiger partial charge in [0.05, 0.1) is 6.42 Å². The maximum absolute atomic E-state index is 12.8. The van der Waals surface area contributed by atoms with Crippen molar-refractivity contribution in [1.29, 1.82) is 0 Å². The Morgan fingerprint density at radius 3 is 2.43 bits per heavy atom. The molecule has 0 bridgehead atoms. The summed E-state index contributed by atoms with van der Waals surface area (Å²) in [4.78, 5) is 36.8. The normalized spacial score (nSPS) is 24.0. The average Bonchev–Trinajstić information content (AvgIpc) is 3.05. The van der Waals surface area contributed by atoms with E-state index in [1.165, 1.54) is 6.92 Å². The topological polar surface area (TPSA) is 86.7 Å². The first-order valence-corrected chi connectivity index (χ1v) is 7.78. The van der Waals surface area contributed by atoms with Crippen LogP contribution in [0.4, 0.5) is 0 Å². The number of likely N-dealkylation sites (tertiary alicyclic amines) is 1. The van der Waals surface area contributed by atoms with Gasteiger partial charge in [-0.1, -0.05) is 12.8 Å². The molecule has 0 radical (unpaired) electrons. The Hall–Kier alpha value is -1.59. The molecule has 2 amide bonds. The van der Waals surface area contributed by atoms with Gasteiger partial charge in [-0.25, -0.2) is 0 Å². The molecule has 0 spiro atoms. The molecule has 6 nitrogen and oxygen atoms in total. The molecule has 0 aromatic rings. The van der Waals surface area contributed by atoms with Gasteiger partial charge >= 0.3 is 5.97 Å². The molecule has 1 aliphatic carbocycles. The first kappa shape index (κ1) is 15.8. The molecular weight excluding hydrogens is 272 g/mol. The summed E-state index contributed by atoms with van der Waals surface area (Å²) in [6.45, 7) is 2.02. The van der Waals surface area contributed by atoms with E-state index in [0.29, 0.717) is 6.54 Å². The van der Waals surface area contributed by atoms with E-state index in [1.807, 2.05) is 0 Å². The van der Waals surface area contributed by atoms with E-state index in [1.54, 1.807) is 4.90 Å². The number of carboxylic acids is 1. The molecule has 0 aromatic carbocycles. The Balaban J connectivity index is 2.08. The molecule has 2 fully saturated rings. The second kappa shape index (κ2) is 6.91. The molecule has 1 saturated heterocycles. The third-order valence-electron chi connectivity index (χ3n) is 4.57. The minimum atomic E-state index is -0.878. The van der Waals surface area contributed by atoms with E-state index < -0.39 is 12.0 Å². The number of amides is 2. The second-order valence-corrected chi connectivity index (χ2v) is 6.15. The minimum absolute atomic E-state index is 0.0107. The first-order chi connectivity index (χ1) is 9.99. The van der Waals surface area contributed by atoms with E-state index in [2.05, 4.69) is 5.32 Å². The highest BCUT2D eigenvalue weighted by Crippen LogP contribution is 2.30. The smallest absolute Gasteiger partial charge is 0.305 e. The molecule has 2 atom stereocenters. The number of nitrogens with one attached hydrogen (secondary N) is 1. The molecule has 21 heavy (non-hydrogen) atoms. The molecule has 118 valence electrons. The summed E-state index contributed by atoms with van der Waals surface area (Å²) in [5, 5.41) is 11.8. The summed E-state index contributed by atoms with van der Waals surface area (Å²) < 4.78 is 0. The lowest BCUT2D eigenvalue weighted by Gasteiger charge is -2.31. The summed E-state index contributed by atoms with van der Waals surface area (Å²) in [5.74, 6) is -0.987. The third kappa shape index (κ3) is 3.95. The van der Waals surface area contributed by atoms with Crippen LogP contribution in [0.15, 0.2) is 0 Å². The van der Waals surface area contributed by atoms with Crippen LogP contribution in [0.25, 0.3) is 0 Å². The quantitative estimate of drug-likeness (QED) is 0.796. The zero-order valence-electron chi connectivity index (χ0n) is 12.5. The lowest BCUT2D eigenvalue weighted by Crippen LogP contribution is -2.52. The van der Waals surface area contributed by atoms with Crippen LogP contribution in [0.3, 0.4) is 0 Å². The highest BCUT2D eigenvalue weighted by Gasteiger charge is 2.38. The summed E-state index contributed by atoms with van der Waals surface area (Å²) >= 11 is 0. The highest BCUT2D eigenvalue weighted by atomic mass is 16.4. The van der Waals surface area contributed by atoms with Gasteiger partial charge in [0, 0.05) is 19.5 Å². The Morgan fingerprint density at radius 1 is 1.19 bits per heavy atom. The van der Waals surface area contributed by atoms with Crippen molar-refractivity contribution >= 4 is 17.8 Å². The lowest BCUT2D eigenvalue weighted by molar-refractivity contribution is -0.142. The van der Waals surface area contributed by atoms with Gasteiger partial charge < -0.3 is 15.3 Å². The summed E-state index contributed by atoms with van der Waals surface area (Å²) in [5.41, 5.74) is 0. The van der Waals surface area contributed by atoms with E-state index in [0.717, 1.165) is 38.5 Å². The number of carbonyl (C=O) groups excluding carboxylic acids is 2. The first-order valence-electron chi connectivity index (χ1n) is 7.78. The Kier molecular flexibility index (Phi) is 5.20. The molecule has 0 aromatic heterocycles. The Labute approximate surface area is 124 Å². The molecule has 2 unspecified atom stereocenters. The monoisotopic (exact) mass is 296 g/mol. The van der Waals surface area contributed by atoms with Crippen molar-refractivity contribution < 1.29 is 19.5 Å². The van der Waals surface area contributed by atoms with E-state index in [4.69, 9.17) is 5.11 Å². The second-order valence-electron chi connectivity index (χ2n) is 6.15. The number of nitrogens with zero attached hydrogens (tertiary/aromatic N) is 1. The van der Waals surface area contributed by atoms with Crippen LogP contribution >= 0.6 is 0 Å². The van der Waals surface area contributed by atoms with Crippen LogP contribution < -0.4 is 5.32 Å². The van der Waals surface area contributed by atoms with Crippen LogP contribution in [-0.4, -0.2) is 46.4 Å². The number of hydrogen-bond acceptors (Lipinski definition) is 3. The van der Waals surface area contributed by atoms with Crippen molar-refractivity contribution in [3.8, 4) is 0 Å². The average molecular weight is 296 g/mol. The van der Waals surface area contributed by atoms with Crippen molar-refractivity contribution in [3.05, 3.63) is 0 Å². The number of carboxylic acid groups (broad SMARTS) is 1. The van der Waals surface area contributed by atoms with Crippen LogP contribution in [0.1, 0.15) is 51.9 Å². The zero-order chi connectivity index (χ0) is 15.4. The van der Waals surface area contributed by atoms with Crippen LogP contribution in [-0.2, 0) is 14.4 Å². The summed E-state index contributed by atoms with van der Waals surface area (Å²) in [7, 11) is 0. The molecule has 2 rings (SSSR count). The van der Waals surface area contributed by atoms with Gasteiger partial charge in [-0.15, -0.1) is 0 Å². The predicted molar refractivity (Wildman–Crippen MR) is 76.6 cm³/mol. The van der Waals surface area contributed by atoms with Gasteiger partial charge in [-0.05, 0) is 31.6 Å². The van der Waals surface area contributed by atoms with Gasteiger partial charge in [-0.3, -0.25) is 14.4 Å². The SMILES string of the molecule is CC(=O)NC(C(=O)N1CCCC1CC(=O)O)C1CCCC1. The summed E-state index contributed by atoms with van der Waals surface area (Å²) in [6, 6.07) is -0.716. The molecule has 2 N–H and O–H groups in total. The van der Waals surface area contributed by atoms with Crippen molar-refractivity contribution in [2.45, 2.75) is 64.0 Å². The van der Waals surface area contributed by atoms with Gasteiger partial charge in [0.2, 0.25) is 11.8 Å². The van der Waals surface area contributed by atoms with E-state index >= 15 is 0 Å². The Bertz CT molecular complexity index is 418. The lowest BCUT2D eigenvalue weighted by atomic mass is 9.96. The van der Waals surface area contributed by atoms with Gasteiger partial charge in [-0.2, -0.15) is 0 Å². The number of rotatable bonds is 5. The van der Waals surface area contributed by atoms with Gasteiger partial charge in [0.15, 0.2) is 0 Å². The van der Waals surface area contributed by atoms with Crippen molar-refractivity contribution in [2.75, 3.05) is 6.54 Å².